The first-order valence-electron chi connectivity index (χ1n) is 9.70. The lowest BCUT2D eigenvalue weighted by Crippen LogP contribution is -2.05. The Morgan fingerprint density at radius 1 is 0.846 bits per heavy atom. The van der Waals surface area contributed by atoms with E-state index in [1.165, 1.54) is 21.6 Å². The van der Waals surface area contributed by atoms with Crippen LogP contribution in [-0.4, -0.2) is 11.5 Å². The van der Waals surface area contributed by atoms with Gasteiger partial charge in [-0.25, -0.2) is 0 Å². The molecule has 2 heteroatoms. The van der Waals surface area contributed by atoms with Crippen LogP contribution in [0.4, 0.5) is 0 Å². The first-order chi connectivity index (χ1) is 12.3. The van der Waals surface area contributed by atoms with Crippen molar-refractivity contribution in [1.29, 1.82) is 0 Å². The van der Waals surface area contributed by atoms with Crippen LogP contribution >= 0.6 is 11.8 Å². The highest BCUT2D eigenvalue weighted by Gasteiger charge is 2.18. The summed E-state index contributed by atoms with van der Waals surface area (Å²) in [4.78, 5) is 13.8. The van der Waals surface area contributed by atoms with Crippen molar-refractivity contribution in [1.82, 2.24) is 0 Å². The van der Waals surface area contributed by atoms with Crippen molar-refractivity contribution < 1.29 is 4.79 Å². The fourth-order valence-corrected chi connectivity index (χ4v) is 4.48. The molecule has 2 aromatic carbocycles. The van der Waals surface area contributed by atoms with Crippen molar-refractivity contribution in [2.45, 2.75) is 70.6 Å². The average Bonchev–Trinajstić information content (AvgIpc) is 2.61. The zero-order chi connectivity index (χ0) is 19.3. The van der Waals surface area contributed by atoms with E-state index >= 15 is 0 Å². The zero-order valence-corrected chi connectivity index (χ0v) is 17.8. The van der Waals surface area contributed by atoms with Gasteiger partial charge in [-0.1, -0.05) is 84.0 Å². The molecule has 0 aromatic heterocycles. The number of ketones is 1. The molecule has 0 N–H and O–H groups in total. The van der Waals surface area contributed by atoms with Crippen LogP contribution in [0.15, 0.2) is 47.4 Å². The molecule has 0 atom stereocenters. The van der Waals surface area contributed by atoms with Crippen LogP contribution in [0.2, 0.25) is 0 Å². The number of thioether (sulfide) groups is 1. The van der Waals surface area contributed by atoms with Crippen LogP contribution in [0.3, 0.4) is 0 Å². The number of carbonyl (C=O) groups is 1. The second-order valence-electron chi connectivity index (χ2n) is 7.88. The molecule has 0 unspecified atom stereocenters. The molecule has 0 fully saturated rings. The van der Waals surface area contributed by atoms with Gasteiger partial charge in [0.2, 0.25) is 0 Å². The summed E-state index contributed by atoms with van der Waals surface area (Å²) in [7, 11) is 0. The number of benzene rings is 2. The van der Waals surface area contributed by atoms with E-state index in [4.69, 9.17) is 0 Å². The highest BCUT2D eigenvalue weighted by Crippen LogP contribution is 2.38. The highest BCUT2D eigenvalue weighted by atomic mass is 32.2. The Bertz CT molecular complexity index is 700. The maximum absolute atomic E-state index is 12.4. The normalized spacial score (nSPS) is 11.6. The minimum Gasteiger partial charge on any atom is -0.294 e. The number of Topliss-reactive ketones (excluding diaryl/α,β-unsaturated/α-hetero) is 1. The molecule has 0 amide bonds. The summed E-state index contributed by atoms with van der Waals surface area (Å²) in [5, 5.41) is 0. The van der Waals surface area contributed by atoms with Gasteiger partial charge in [-0.05, 0) is 34.4 Å². The van der Waals surface area contributed by atoms with E-state index in [9.17, 15) is 4.79 Å². The van der Waals surface area contributed by atoms with E-state index < -0.39 is 0 Å². The molecule has 0 radical (unpaired) electrons. The monoisotopic (exact) mass is 368 g/mol. The van der Waals surface area contributed by atoms with Gasteiger partial charge in [-0.3, -0.25) is 4.79 Å². The standard InChI is InChI=1S/C24H32OS/c1-16(2)20-14-21(17(3)4)24(22(15-20)18(5)6)26-13-12-23(25)19-10-8-7-9-11-19/h7-11,14-18H,12-13H2,1-6H3. The smallest absolute Gasteiger partial charge is 0.163 e. The van der Waals surface area contributed by atoms with E-state index in [2.05, 4.69) is 53.7 Å². The third-order valence-electron chi connectivity index (χ3n) is 4.75. The number of hydrogen-bond acceptors (Lipinski definition) is 2. The second kappa shape index (κ2) is 9.41. The fraction of sp³-hybridized carbons (Fsp3) is 0.458. The lowest BCUT2D eigenvalue weighted by Gasteiger charge is -2.22. The molecule has 0 saturated heterocycles. The lowest BCUT2D eigenvalue weighted by atomic mass is 9.89. The van der Waals surface area contributed by atoms with Gasteiger partial charge < -0.3 is 0 Å². The lowest BCUT2D eigenvalue weighted by molar-refractivity contribution is 0.0989. The number of rotatable bonds is 8. The van der Waals surface area contributed by atoms with Gasteiger partial charge in [-0.2, -0.15) is 0 Å². The Balaban J connectivity index is 2.23. The Morgan fingerprint density at radius 3 is 1.85 bits per heavy atom. The van der Waals surface area contributed by atoms with E-state index in [1.807, 2.05) is 42.1 Å². The van der Waals surface area contributed by atoms with Gasteiger partial charge >= 0.3 is 0 Å². The molecule has 1 nitrogen and oxygen atoms in total. The van der Waals surface area contributed by atoms with Crippen molar-refractivity contribution in [2.75, 3.05) is 5.75 Å². The van der Waals surface area contributed by atoms with Gasteiger partial charge in [0.1, 0.15) is 0 Å². The van der Waals surface area contributed by atoms with Crippen LogP contribution < -0.4 is 0 Å². The molecular formula is C24H32OS. The summed E-state index contributed by atoms with van der Waals surface area (Å²) >= 11 is 1.85. The van der Waals surface area contributed by atoms with Crippen molar-refractivity contribution in [3.63, 3.8) is 0 Å². The highest BCUT2D eigenvalue weighted by molar-refractivity contribution is 7.99. The largest absolute Gasteiger partial charge is 0.294 e. The van der Waals surface area contributed by atoms with E-state index in [-0.39, 0.29) is 5.78 Å². The molecule has 140 valence electrons. The quantitative estimate of drug-likeness (QED) is 0.356. The molecule has 0 spiro atoms. The van der Waals surface area contributed by atoms with Crippen molar-refractivity contribution >= 4 is 17.5 Å². The third kappa shape index (κ3) is 5.23. The zero-order valence-electron chi connectivity index (χ0n) is 17.0. The molecular weight excluding hydrogens is 336 g/mol. The fourth-order valence-electron chi connectivity index (χ4n) is 3.07. The summed E-state index contributed by atoms with van der Waals surface area (Å²) in [5.74, 6) is 2.56. The van der Waals surface area contributed by atoms with Crippen LogP contribution in [0.5, 0.6) is 0 Å². The molecule has 0 bridgehead atoms. The topological polar surface area (TPSA) is 17.1 Å². The van der Waals surface area contributed by atoms with Crippen LogP contribution in [0, 0.1) is 0 Å². The summed E-state index contributed by atoms with van der Waals surface area (Å²) < 4.78 is 0. The van der Waals surface area contributed by atoms with Crippen molar-refractivity contribution in [3.8, 4) is 0 Å². The number of carbonyl (C=O) groups excluding carboxylic acids is 1. The minimum atomic E-state index is 0.231. The average molecular weight is 369 g/mol. The van der Waals surface area contributed by atoms with Gasteiger partial charge in [0.15, 0.2) is 5.78 Å². The number of hydrogen-bond donors (Lipinski definition) is 0. The molecule has 2 rings (SSSR count). The Morgan fingerprint density at radius 2 is 1.38 bits per heavy atom. The van der Waals surface area contributed by atoms with Crippen molar-refractivity contribution in [3.05, 3.63) is 64.7 Å². The maximum Gasteiger partial charge on any atom is 0.163 e. The van der Waals surface area contributed by atoms with Crippen LogP contribution in [0.25, 0.3) is 0 Å². The summed E-state index contributed by atoms with van der Waals surface area (Å²) in [6.07, 6.45) is 0.579. The Kier molecular flexibility index (Phi) is 7.52. The molecule has 0 aliphatic rings. The van der Waals surface area contributed by atoms with E-state index in [1.54, 1.807) is 0 Å². The third-order valence-corrected chi connectivity index (χ3v) is 5.92. The maximum atomic E-state index is 12.4. The minimum absolute atomic E-state index is 0.231. The van der Waals surface area contributed by atoms with Crippen LogP contribution in [0.1, 0.15) is 92.8 Å². The van der Waals surface area contributed by atoms with Gasteiger partial charge in [0.25, 0.3) is 0 Å². The Hall–Kier alpha value is -1.54. The summed E-state index contributed by atoms with van der Waals surface area (Å²) in [6.45, 7) is 13.6. The van der Waals surface area contributed by atoms with Crippen molar-refractivity contribution in [2.24, 2.45) is 0 Å². The molecule has 0 aliphatic carbocycles. The van der Waals surface area contributed by atoms with E-state index in [0.29, 0.717) is 24.2 Å². The molecule has 0 aliphatic heterocycles. The molecule has 0 heterocycles. The van der Waals surface area contributed by atoms with Gasteiger partial charge in [0.05, 0.1) is 0 Å². The first-order valence-corrected chi connectivity index (χ1v) is 10.7. The molecule has 2 aromatic rings. The molecule has 26 heavy (non-hydrogen) atoms. The van der Waals surface area contributed by atoms with Gasteiger partial charge in [0, 0.05) is 22.6 Å². The molecule has 0 saturated carbocycles. The predicted octanol–water partition coefficient (Wildman–Crippen LogP) is 7.42. The first kappa shape index (κ1) is 20.8. The summed E-state index contributed by atoms with van der Waals surface area (Å²) in [5.41, 5.74) is 5.09. The van der Waals surface area contributed by atoms with Crippen LogP contribution in [-0.2, 0) is 0 Å². The van der Waals surface area contributed by atoms with Gasteiger partial charge in [-0.15, -0.1) is 11.8 Å². The predicted molar refractivity (Wildman–Crippen MR) is 115 cm³/mol. The Labute approximate surface area is 163 Å². The second-order valence-corrected chi connectivity index (χ2v) is 8.99. The SMILES string of the molecule is CC(C)c1cc(C(C)C)c(SCCC(=O)c2ccccc2)c(C(C)C)c1. The summed E-state index contributed by atoms with van der Waals surface area (Å²) in [6, 6.07) is 14.4. The van der Waals surface area contributed by atoms with E-state index in [0.717, 1.165) is 11.3 Å².